The van der Waals surface area contributed by atoms with Gasteiger partial charge in [0.2, 0.25) is 0 Å². The summed E-state index contributed by atoms with van der Waals surface area (Å²) >= 11 is 0. The van der Waals surface area contributed by atoms with Crippen molar-refractivity contribution in [2.24, 2.45) is 5.92 Å². The number of anilines is 1. The lowest BCUT2D eigenvalue weighted by Gasteiger charge is -2.44. The molecule has 0 spiro atoms. The maximum absolute atomic E-state index is 12.6. The summed E-state index contributed by atoms with van der Waals surface area (Å²) < 4.78 is 34.6. The Bertz CT molecular complexity index is 853. The van der Waals surface area contributed by atoms with E-state index in [1.807, 2.05) is 18.2 Å². The Morgan fingerprint density at radius 2 is 1.86 bits per heavy atom. The molecule has 0 amide bonds. The van der Waals surface area contributed by atoms with Crippen LogP contribution in [0, 0.1) is 5.92 Å². The quantitative estimate of drug-likeness (QED) is 0.702. The van der Waals surface area contributed by atoms with Crippen molar-refractivity contribution < 1.29 is 23.0 Å². The molecule has 1 aliphatic heterocycles. The molecule has 4 rings (SSSR count). The molecule has 1 fully saturated rings. The Morgan fingerprint density at radius 3 is 2.57 bits per heavy atom. The van der Waals surface area contributed by atoms with E-state index in [4.69, 9.17) is 4.74 Å². The molecular formula is C22H23F2NO3. The van der Waals surface area contributed by atoms with Gasteiger partial charge in [0.25, 0.3) is 0 Å². The zero-order valence-electron chi connectivity index (χ0n) is 15.7. The zero-order valence-corrected chi connectivity index (χ0v) is 15.7. The number of methoxy groups -OCH3 is 1. The molecule has 1 saturated carbocycles. The molecule has 0 saturated heterocycles. The second kappa shape index (κ2) is 7.78. The van der Waals surface area contributed by atoms with Gasteiger partial charge in [-0.15, -0.1) is 0 Å². The number of rotatable bonds is 4. The van der Waals surface area contributed by atoms with Crippen LogP contribution in [0.15, 0.2) is 42.5 Å². The lowest BCUT2D eigenvalue weighted by atomic mass is 9.68. The van der Waals surface area contributed by atoms with Gasteiger partial charge in [-0.1, -0.05) is 25.0 Å². The van der Waals surface area contributed by atoms with Crippen molar-refractivity contribution in [1.29, 1.82) is 0 Å². The van der Waals surface area contributed by atoms with Crippen LogP contribution < -0.4 is 10.1 Å². The third-order valence-electron chi connectivity index (χ3n) is 5.90. The molecule has 0 unspecified atom stereocenters. The van der Waals surface area contributed by atoms with Crippen LogP contribution in [0.25, 0.3) is 0 Å². The molecular weight excluding hydrogens is 364 g/mol. The number of nitrogens with one attached hydrogen (secondary N) is 1. The summed E-state index contributed by atoms with van der Waals surface area (Å²) in [4.78, 5) is 11.7. The van der Waals surface area contributed by atoms with Gasteiger partial charge in [0.15, 0.2) is 0 Å². The van der Waals surface area contributed by atoms with Crippen molar-refractivity contribution in [3.8, 4) is 5.75 Å². The van der Waals surface area contributed by atoms with Crippen molar-refractivity contribution in [3.05, 3.63) is 59.2 Å². The number of benzene rings is 2. The van der Waals surface area contributed by atoms with E-state index in [2.05, 4.69) is 10.1 Å². The van der Waals surface area contributed by atoms with E-state index in [1.165, 1.54) is 7.11 Å². The number of carbonyl (C=O) groups excluding carboxylic acids is 1. The van der Waals surface area contributed by atoms with Crippen LogP contribution in [-0.4, -0.2) is 19.7 Å². The molecule has 148 valence electrons. The Balaban J connectivity index is 1.66. The number of esters is 1. The monoisotopic (exact) mass is 387 g/mol. The standard InChI is InChI=1S/C22H23F2NO3/c1-27-21(26)14-8-6-13(7-9-14)20-17-5-3-2-4-16(17)18-12-15(28-22(23)24)10-11-19(18)25-20/h6-12,16-17,20,22,25H,2-5H2,1H3/t16-,17+,20-/m1/s1. The minimum atomic E-state index is -2.82. The average Bonchev–Trinajstić information content (AvgIpc) is 2.72. The van der Waals surface area contributed by atoms with E-state index in [-0.39, 0.29) is 17.8 Å². The molecule has 28 heavy (non-hydrogen) atoms. The predicted octanol–water partition coefficient (Wildman–Crippen LogP) is 5.52. The molecule has 1 aliphatic carbocycles. The summed E-state index contributed by atoms with van der Waals surface area (Å²) in [6.45, 7) is -2.82. The van der Waals surface area contributed by atoms with E-state index in [0.29, 0.717) is 17.4 Å². The minimum Gasteiger partial charge on any atom is -0.465 e. The maximum atomic E-state index is 12.6. The van der Waals surface area contributed by atoms with E-state index >= 15 is 0 Å². The van der Waals surface area contributed by atoms with E-state index in [9.17, 15) is 13.6 Å². The minimum absolute atomic E-state index is 0.117. The number of hydrogen-bond donors (Lipinski definition) is 1. The van der Waals surface area contributed by atoms with Gasteiger partial charge < -0.3 is 14.8 Å². The molecule has 3 atom stereocenters. The molecule has 0 radical (unpaired) electrons. The highest BCUT2D eigenvalue weighted by molar-refractivity contribution is 5.89. The van der Waals surface area contributed by atoms with E-state index < -0.39 is 6.61 Å². The van der Waals surface area contributed by atoms with Crippen LogP contribution in [0.5, 0.6) is 5.75 Å². The number of carbonyl (C=O) groups is 1. The summed E-state index contributed by atoms with van der Waals surface area (Å²) in [6.07, 6.45) is 4.39. The van der Waals surface area contributed by atoms with Gasteiger partial charge in [0.1, 0.15) is 5.75 Å². The fourth-order valence-corrected chi connectivity index (χ4v) is 4.65. The summed E-state index contributed by atoms with van der Waals surface area (Å²) in [5.74, 6) is 0.528. The third kappa shape index (κ3) is 3.55. The van der Waals surface area contributed by atoms with Gasteiger partial charge in [-0.05, 0) is 66.1 Å². The van der Waals surface area contributed by atoms with Crippen LogP contribution in [0.2, 0.25) is 0 Å². The van der Waals surface area contributed by atoms with Crippen LogP contribution in [0.1, 0.15) is 59.1 Å². The van der Waals surface area contributed by atoms with Crippen molar-refractivity contribution in [1.82, 2.24) is 0 Å². The fraction of sp³-hybridized carbons (Fsp3) is 0.409. The number of alkyl halides is 2. The molecule has 1 N–H and O–H groups in total. The highest BCUT2D eigenvalue weighted by atomic mass is 19.3. The number of halogens is 2. The highest BCUT2D eigenvalue weighted by Crippen LogP contribution is 2.51. The van der Waals surface area contributed by atoms with Crippen LogP contribution in [0.3, 0.4) is 0 Å². The summed E-state index contributed by atoms with van der Waals surface area (Å²) in [7, 11) is 1.37. The maximum Gasteiger partial charge on any atom is 0.387 e. The second-order valence-electron chi connectivity index (χ2n) is 7.42. The highest BCUT2D eigenvalue weighted by Gasteiger charge is 2.39. The van der Waals surface area contributed by atoms with Gasteiger partial charge in [-0.2, -0.15) is 8.78 Å². The van der Waals surface area contributed by atoms with Crippen LogP contribution in [-0.2, 0) is 4.74 Å². The molecule has 2 aliphatic rings. The molecule has 2 aromatic rings. The smallest absolute Gasteiger partial charge is 0.387 e. The number of fused-ring (bicyclic) bond motifs is 3. The molecule has 0 aromatic heterocycles. The first-order valence-electron chi connectivity index (χ1n) is 9.60. The molecule has 2 aromatic carbocycles. The Kier molecular flexibility index (Phi) is 5.20. The van der Waals surface area contributed by atoms with E-state index in [1.54, 1.807) is 24.3 Å². The fourth-order valence-electron chi connectivity index (χ4n) is 4.65. The summed E-state index contributed by atoms with van der Waals surface area (Å²) in [5.41, 5.74) is 3.66. The third-order valence-corrected chi connectivity index (χ3v) is 5.90. The SMILES string of the molecule is COC(=O)c1ccc([C@H]2Nc3ccc(OC(F)F)cc3[C@@H]3CCCC[C@H]23)cc1. The lowest BCUT2D eigenvalue weighted by molar-refractivity contribution is -0.0499. The molecule has 1 heterocycles. The van der Waals surface area contributed by atoms with Crippen molar-refractivity contribution in [2.45, 2.75) is 44.3 Å². The lowest BCUT2D eigenvalue weighted by Crippen LogP contribution is -2.33. The van der Waals surface area contributed by atoms with Gasteiger partial charge >= 0.3 is 12.6 Å². The first kappa shape index (κ1) is 18.7. The molecule has 4 nitrogen and oxygen atoms in total. The average molecular weight is 387 g/mol. The predicted molar refractivity (Wildman–Crippen MR) is 102 cm³/mol. The Hall–Kier alpha value is -2.63. The van der Waals surface area contributed by atoms with Crippen LogP contribution in [0.4, 0.5) is 14.5 Å². The molecule has 0 bridgehead atoms. The van der Waals surface area contributed by atoms with E-state index in [0.717, 1.165) is 42.5 Å². The van der Waals surface area contributed by atoms with Crippen LogP contribution >= 0.6 is 0 Å². The summed E-state index contributed by atoms with van der Waals surface area (Å²) in [6, 6.07) is 12.8. The van der Waals surface area contributed by atoms with Crippen molar-refractivity contribution in [3.63, 3.8) is 0 Å². The first-order valence-corrected chi connectivity index (χ1v) is 9.60. The largest absolute Gasteiger partial charge is 0.465 e. The Morgan fingerprint density at radius 1 is 1.11 bits per heavy atom. The zero-order chi connectivity index (χ0) is 19.7. The van der Waals surface area contributed by atoms with Gasteiger partial charge in [-0.25, -0.2) is 4.79 Å². The van der Waals surface area contributed by atoms with Crippen molar-refractivity contribution >= 4 is 11.7 Å². The topological polar surface area (TPSA) is 47.6 Å². The molecule has 6 heteroatoms. The number of hydrogen-bond acceptors (Lipinski definition) is 4. The van der Waals surface area contributed by atoms with Gasteiger partial charge in [0, 0.05) is 5.69 Å². The normalized spacial score (nSPS) is 23.4. The second-order valence-corrected chi connectivity index (χ2v) is 7.42. The number of ether oxygens (including phenoxy) is 2. The van der Waals surface area contributed by atoms with Gasteiger partial charge in [0.05, 0.1) is 18.7 Å². The van der Waals surface area contributed by atoms with Crippen molar-refractivity contribution in [2.75, 3.05) is 12.4 Å². The first-order chi connectivity index (χ1) is 13.6. The Labute approximate surface area is 162 Å². The van der Waals surface area contributed by atoms with Gasteiger partial charge in [-0.3, -0.25) is 0 Å². The summed E-state index contributed by atoms with van der Waals surface area (Å²) in [5, 5.41) is 3.60.